The Morgan fingerprint density at radius 1 is 1.08 bits per heavy atom. The van der Waals surface area contributed by atoms with Gasteiger partial charge in [-0.3, -0.25) is 19.8 Å². The molecule has 2 aromatic heterocycles. The minimum Gasteiger partial charge on any atom is -0.301 e. The zero-order chi connectivity index (χ0) is 17.1. The SMILES string of the molecule is Cl.O=C1NC(=NCc2ccccn2)S/C1=C\c1ccc2ncccc2c1. The average molecular weight is 383 g/mol. The third-order valence-corrected chi connectivity index (χ3v) is 4.63. The minimum absolute atomic E-state index is 0. The maximum absolute atomic E-state index is 12.2. The summed E-state index contributed by atoms with van der Waals surface area (Å²) in [6.07, 6.45) is 5.37. The zero-order valence-corrected chi connectivity index (χ0v) is 15.3. The van der Waals surface area contributed by atoms with E-state index in [1.54, 1.807) is 12.4 Å². The highest BCUT2D eigenvalue weighted by Gasteiger charge is 2.23. The topological polar surface area (TPSA) is 67.2 Å². The molecule has 1 amide bonds. The van der Waals surface area contributed by atoms with E-state index in [1.807, 2.05) is 54.6 Å². The number of aromatic nitrogens is 2. The van der Waals surface area contributed by atoms with Crippen molar-refractivity contribution in [1.82, 2.24) is 15.3 Å². The van der Waals surface area contributed by atoms with Crippen molar-refractivity contribution in [2.24, 2.45) is 4.99 Å². The molecule has 5 nitrogen and oxygen atoms in total. The Labute approximate surface area is 161 Å². The van der Waals surface area contributed by atoms with Crippen molar-refractivity contribution < 1.29 is 4.79 Å². The number of carbonyl (C=O) groups excluding carboxylic acids is 1. The number of rotatable bonds is 3. The first-order chi connectivity index (χ1) is 12.3. The first-order valence-electron chi connectivity index (χ1n) is 7.78. The molecule has 1 aromatic carbocycles. The summed E-state index contributed by atoms with van der Waals surface area (Å²) in [5.41, 5.74) is 2.76. The van der Waals surface area contributed by atoms with Gasteiger partial charge in [0.15, 0.2) is 5.17 Å². The van der Waals surface area contributed by atoms with E-state index in [2.05, 4.69) is 20.3 Å². The maximum Gasteiger partial charge on any atom is 0.264 e. The second-order valence-electron chi connectivity index (χ2n) is 5.46. The fourth-order valence-corrected chi connectivity index (χ4v) is 3.30. The lowest BCUT2D eigenvalue weighted by molar-refractivity contribution is -0.115. The number of halogens is 1. The standard InChI is InChI=1S/C19H14N4OS.ClH/c24-18-17(11-13-6-7-16-14(10-13)4-3-9-21-16)25-19(23-18)22-12-15-5-1-2-8-20-15;/h1-11H,12H2,(H,22,23,24);1H/b17-11-;. The van der Waals surface area contributed by atoms with Crippen LogP contribution in [0.3, 0.4) is 0 Å². The van der Waals surface area contributed by atoms with E-state index in [0.717, 1.165) is 22.2 Å². The molecule has 0 radical (unpaired) electrons. The lowest BCUT2D eigenvalue weighted by Gasteiger charge is -1.99. The molecule has 3 heterocycles. The monoisotopic (exact) mass is 382 g/mol. The van der Waals surface area contributed by atoms with Crippen molar-refractivity contribution in [3.05, 3.63) is 77.1 Å². The number of hydrogen-bond acceptors (Lipinski definition) is 5. The summed E-state index contributed by atoms with van der Waals surface area (Å²) < 4.78 is 0. The van der Waals surface area contributed by atoms with E-state index in [4.69, 9.17) is 0 Å². The number of thioether (sulfide) groups is 1. The van der Waals surface area contributed by atoms with Gasteiger partial charge >= 0.3 is 0 Å². The van der Waals surface area contributed by atoms with Crippen LogP contribution in [0.5, 0.6) is 0 Å². The van der Waals surface area contributed by atoms with Gasteiger partial charge in [-0.25, -0.2) is 0 Å². The Morgan fingerprint density at radius 3 is 2.81 bits per heavy atom. The number of amidine groups is 1. The third kappa shape index (κ3) is 4.09. The van der Waals surface area contributed by atoms with Crippen LogP contribution in [-0.2, 0) is 11.3 Å². The lowest BCUT2D eigenvalue weighted by atomic mass is 10.1. The molecule has 4 rings (SSSR count). The van der Waals surface area contributed by atoms with E-state index < -0.39 is 0 Å². The van der Waals surface area contributed by atoms with Gasteiger partial charge in [0.2, 0.25) is 0 Å². The highest BCUT2D eigenvalue weighted by atomic mass is 35.5. The highest BCUT2D eigenvalue weighted by Crippen LogP contribution is 2.27. The van der Waals surface area contributed by atoms with E-state index >= 15 is 0 Å². The Hall–Kier alpha value is -2.70. The average Bonchev–Trinajstić information content (AvgIpc) is 3.00. The molecule has 1 aliphatic heterocycles. The second kappa shape index (κ2) is 8.12. The van der Waals surface area contributed by atoms with Gasteiger partial charge in [-0.1, -0.05) is 18.2 Å². The number of fused-ring (bicyclic) bond motifs is 1. The smallest absolute Gasteiger partial charge is 0.264 e. The van der Waals surface area contributed by atoms with Gasteiger partial charge in [0.1, 0.15) is 0 Å². The first kappa shape index (κ1) is 18.1. The molecule has 26 heavy (non-hydrogen) atoms. The molecule has 0 aliphatic carbocycles. The lowest BCUT2D eigenvalue weighted by Crippen LogP contribution is -2.19. The summed E-state index contributed by atoms with van der Waals surface area (Å²) in [7, 11) is 0. The van der Waals surface area contributed by atoms with Crippen LogP contribution in [0.25, 0.3) is 17.0 Å². The summed E-state index contributed by atoms with van der Waals surface area (Å²) in [6, 6.07) is 15.5. The largest absolute Gasteiger partial charge is 0.301 e. The molecule has 1 N–H and O–H groups in total. The Bertz CT molecular complexity index is 1000. The normalized spacial score (nSPS) is 16.7. The molecule has 1 aliphatic rings. The van der Waals surface area contributed by atoms with E-state index in [-0.39, 0.29) is 18.3 Å². The maximum atomic E-state index is 12.2. The fraction of sp³-hybridized carbons (Fsp3) is 0.0526. The predicted octanol–water partition coefficient (Wildman–Crippen LogP) is 3.81. The number of nitrogens with zero attached hydrogens (tertiary/aromatic N) is 3. The molecule has 0 atom stereocenters. The van der Waals surface area contributed by atoms with E-state index in [1.165, 1.54) is 11.8 Å². The predicted molar refractivity (Wildman–Crippen MR) is 108 cm³/mol. The van der Waals surface area contributed by atoms with Crippen LogP contribution >= 0.6 is 24.2 Å². The van der Waals surface area contributed by atoms with Gasteiger partial charge in [-0.05, 0) is 53.7 Å². The number of benzene rings is 1. The second-order valence-corrected chi connectivity index (χ2v) is 6.49. The van der Waals surface area contributed by atoms with Crippen molar-refractivity contribution in [3.63, 3.8) is 0 Å². The minimum atomic E-state index is -0.129. The number of hydrogen-bond donors (Lipinski definition) is 1. The Kier molecular flexibility index (Phi) is 5.65. The van der Waals surface area contributed by atoms with Crippen LogP contribution < -0.4 is 5.32 Å². The third-order valence-electron chi connectivity index (χ3n) is 3.69. The molecule has 130 valence electrons. The molecule has 1 fully saturated rings. The molecular formula is C19H15ClN4OS. The molecule has 0 bridgehead atoms. The van der Waals surface area contributed by atoms with Gasteiger partial charge in [0.05, 0.1) is 22.7 Å². The van der Waals surface area contributed by atoms with Crippen LogP contribution in [0.15, 0.2) is 70.8 Å². The quantitative estimate of drug-likeness (QED) is 0.699. The van der Waals surface area contributed by atoms with Crippen LogP contribution in [-0.4, -0.2) is 21.0 Å². The summed E-state index contributed by atoms with van der Waals surface area (Å²) in [4.78, 5) is 25.7. The van der Waals surface area contributed by atoms with Crippen LogP contribution in [0, 0.1) is 0 Å². The molecular weight excluding hydrogens is 368 g/mol. The summed E-state index contributed by atoms with van der Waals surface area (Å²) in [5, 5.41) is 4.44. The highest BCUT2D eigenvalue weighted by molar-refractivity contribution is 8.18. The molecule has 0 spiro atoms. The molecule has 7 heteroatoms. The zero-order valence-electron chi connectivity index (χ0n) is 13.6. The molecule has 0 saturated carbocycles. The van der Waals surface area contributed by atoms with Gasteiger partial charge < -0.3 is 5.32 Å². The van der Waals surface area contributed by atoms with Gasteiger partial charge in [0, 0.05) is 17.8 Å². The summed E-state index contributed by atoms with van der Waals surface area (Å²) in [5.74, 6) is -0.129. The Morgan fingerprint density at radius 2 is 1.96 bits per heavy atom. The van der Waals surface area contributed by atoms with Crippen LogP contribution in [0.2, 0.25) is 0 Å². The molecule has 0 unspecified atom stereocenters. The van der Waals surface area contributed by atoms with Gasteiger partial charge in [0.25, 0.3) is 5.91 Å². The van der Waals surface area contributed by atoms with Crippen molar-refractivity contribution in [2.75, 3.05) is 0 Å². The summed E-state index contributed by atoms with van der Waals surface area (Å²) in [6.45, 7) is 0.443. The number of pyridine rings is 2. The van der Waals surface area contributed by atoms with Gasteiger partial charge in [-0.2, -0.15) is 0 Å². The number of amides is 1. The molecule has 1 saturated heterocycles. The number of aliphatic imine (C=N–C) groups is 1. The van der Waals surface area contributed by atoms with Crippen molar-refractivity contribution in [3.8, 4) is 0 Å². The Balaban J connectivity index is 0.00000196. The van der Waals surface area contributed by atoms with E-state index in [0.29, 0.717) is 16.6 Å². The first-order valence-corrected chi connectivity index (χ1v) is 8.60. The molecule has 3 aromatic rings. The van der Waals surface area contributed by atoms with Crippen molar-refractivity contribution >= 4 is 52.2 Å². The van der Waals surface area contributed by atoms with Gasteiger partial charge in [-0.15, -0.1) is 12.4 Å². The van der Waals surface area contributed by atoms with Crippen LogP contribution in [0.4, 0.5) is 0 Å². The number of carbonyl (C=O) groups is 1. The van der Waals surface area contributed by atoms with Crippen molar-refractivity contribution in [2.45, 2.75) is 6.54 Å². The van der Waals surface area contributed by atoms with E-state index in [9.17, 15) is 4.79 Å². The van der Waals surface area contributed by atoms with Crippen LogP contribution in [0.1, 0.15) is 11.3 Å². The number of nitrogens with one attached hydrogen (secondary N) is 1. The van der Waals surface area contributed by atoms with Crippen molar-refractivity contribution in [1.29, 1.82) is 0 Å². The fourth-order valence-electron chi connectivity index (χ4n) is 2.48. The summed E-state index contributed by atoms with van der Waals surface area (Å²) >= 11 is 1.35.